The van der Waals surface area contributed by atoms with Gasteiger partial charge in [-0.3, -0.25) is 14.5 Å². The van der Waals surface area contributed by atoms with Crippen molar-refractivity contribution in [3.8, 4) is 11.1 Å². The number of amides is 1. The Balaban J connectivity index is 1.31. The summed E-state index contributed by atoms with van der Waals surface area (Å²) in [5.41, 5.74) is 2.55. The minimum atomic E-state index is -0.714. The van der Waals surface area contributed by atoms with Gasteiger partial charge in [-0.15, -0.1) is 0 Å². The van der Waals surface area contributed by atoms with Crippen LogP contribution in [0.1, 0.15) is 63.4 Å². The second-order valence-corrected chi connectivity index (χ2v) is 13.4. The molecule has 2 aliphatic carbocycles. The van der Waals surface area contributed by atoms with E-state index in [-0.39, 0.29) is 42.2 Å². The molecule has 44 heavy (non-hydrogen) atoms. The molecule has 0 bridgehead atoms. The van der Waals surface area contributed by atoms with Crippen molar-refractivity contribution in [3.63, 3.8) is 0 Å². The summed E-state index contributed by atoms with van der Waals surface area (Å²) < 4.78 is 5.57. The zero-order valence-corrected chi connectivity index (χ0v) is 26.5. The SMILES string of the molecule is CON=C1C[C@@H](c2noc(CNC(=O)CN(C)C)n2)N(C23C(=O)C(C)(c4ccc(-c5ccccc5)cc4)CCC2C3(C)C)C1. The molecule has 2 aromatic carbocycles. The zero-order valence-electron chi connectivity index (χ0n) is 26.5. The Bertz CT molecular complexity index is 1570. The first-order valence-corrected chi connectivity index (χ1v) is 15.3. The van der Waals surface area contributed by atoms with Gasteiger partial charge in [0.25, 0.3) is 0 Å². The van der Waals surface area contributed by atoms with E-state index in [4.69, 9.17) is 9.36 Å². The van der Waals surface area contributed by atoms with Crippen molar-refractivity contribution in [2.75, 3.05) is 34.3 Å². The van der Waals surface area contributed by atoms with Crippen molar-refractivity contribution in [2.24, 2.45) is 16.5 Å². The van der Waals surface area contributed by atoms with Gasteiger partial charge >= 0.3 is 0 Å². The van der Waals surface area contributed by atoms with Gasteiger partial charge < -0.3 is 19.6 Å². The van der Waals surface area contributed by atoms with Gasteiger partial charge in [-0.25, -0.2) is 0 Å². The monoisotopic (exact) mass is 598 g/mol. The maximum Gasteiger partial charge on any atom is 0.246 e. The fourth-order valence-electron chi connectivity index (χ4n) is 7.96. The van der Waals surface area contributed by atoms with E-state index in [0.29, 0.717) is 24.7 Å². The highest BCUT2D eigenvalue weighted by Crippen LogP contribution is 2.73. The highest BCUT2D eigenvalue weighted by atomic mass is 16.6. The summed E-state index contributed by atoms with van der Waals surface area (Å²) >= 11 is 0. The van der Waals surface area contributed by atoms with E-state index in [2.05, 4.69) is 82.7 Å². The van der Waals surface area contributed by atoms with Crippen LogP contribution in [-0.4, -0.2) is 77.2 Å². The molecular formula is C34H42N6O4. The predicted octanol–water partition coefficient (Wildman–Crippen LogP) is 4.38. The van der Waals surface area contributed by atoms with Crippen LogP contribution in [0.4, 0.5) is 0 Å². The third kappa shape index (κ3) is 4.84. The summed E-state index contributed by atoms with van der Waals surface area (Å²) in [4.78, 5) is 41.2. The lowest BCUT2D eigenvalue weighted by molar-refractivity contribution is -0.136. The largest absolute Gasteiger partial charge is 0.399 e. The lowest BCUT2D eigenvalue weighted by Gasteiger charge is -2.43. The first-order chi connectivity index (χ1) is 21.0. The number of fused-ring (bicyclic) bond motifs is 1. The normalized spacial score (nSPS) is 28.7. The summed E-state index contributed by atoms with van der Waals surface area (Å²) in [5, 5.41) is 11.5. The van der Waals surface area contributed by atoms with E-state index in [1.165, 1.54) is 7.11 Å². The number of ketones is 1. The second kappa shape index (κ2) is 11.2. The number of hydrogen-bond donors (Lipinski definition) is 1. The zero-order chi connectivity index (χ0) is 31.3. The fraction of sp³-hybridized carbons (Fsp3) is 0.500. The molecule has 1 saturated heterocycles. The van der Waals surface area contributed by atoms with Crippen LogP contribution >= 0.6 is 0 Å². The minimum absolute atomic E-state index is 0.128. The molecule has 3 aliphatic rings. The molecule has 0 spiro atoms. The van der Waals surface area contributed by atoms with Gasteiger partial charge in [0, 0.05) is 13.0 Å². The molecule has 3 unspecified atom stereocenters. The Hall–Kier alpha value is -3.89. The van der Waals surface area contributed by atoms with Crippen LogP contribution in [0.3, 0.4) is 0 Å². The summed E-state index contributed by atoms with van der Waals surface area (Å²) in [7, 11) is 5.21. The number of nitrogens with one attached hydrogen (secondary N) is 1. The molecule has 1 aromatic heterocycles. The number of hydrogen-bond acceptors (Lipinski definition) is 9. The van der Waals surface area contributed by atoms with Crippen molar-refractivity contribution in [2.45, 2.75) is 63.6 Å². The summed E-state index contributed by atoms with van der Waals surface area (Å²) in [5.74, 6) is 1.12. The smallest absolute Gasteiger partial charge is 0.246 e. The number of benzene rings is 2. The Morgan fingerprint density at radius 3 is 2.50 bits per heavy atom. The van der Waals surface area contributed by atoms with Gasteiger partial charge in [0.05, 0.1) is 35.8 Å². The van der Waals surface area contributed by atoms with E-state index in [1.807, 2.05) is 32.3 Å². The third-order valence-electron chi connectivity index (χ3n) is 10.2. The summed E-state index contributed by atoms with van der Waals surface area (Å²) in [6.07, 6.45) is 2.26. The second-order valence-electron chi connectivity index (χ2n) is 13.4. The number of carbonyl (C=O) groups is 2. The molecule has 232 valence electrons. The van der Waals surface area contributed by atoms with Crippen LogP contribution < -0.4 is 5.32 Å². The van der Waals surface area contributed by atoms with Gasteiger partial charge in [0.1, 0.15) is 7.11 Å². The van der Waals surface area contributed by atoms with Crippen molar-refractivity contribution in [1.82, 2.24) is 25.3 Å². The van der Waals surface area contributed by atoms with Crippen LogP contribution in [0.15, 0.2) is 64.3 Å². The molecule has 2 heterocycles. The van der Waals surface area contributed by atoms with Gasteiger partial charge in [-0.1, -0.05) is 78.8 Å². The summed E-state index contributed by atoms with van der Waals surface area (Å²) in [6.45, 7) is 7.42. The molecule has 4 atom stereocenters. The molecule has 1 aliphatic heterocycles. The number of rotatable bonds is 9. The lowest BCUT2D eigenvalue weighted by atomic mass is 9.67. The third-order valence-corrected chi connectivity index (χ3v) is 10.2. The van der Waals surface area contributed by atoms with Gasteiger partial charge in [-0.2, -0.15) is 4.98 Å². The Morgan fingerprint density at radius 1 is 1.11 bits per heavy atom. The Kier molecular flexibility index (Phi) is 7.70. The molecular weight excluding hydrogens is 556 g/mol. The van der Waals surface area contributed by atoms with Crippen molar-refractivity contribution >= 4 is 17.4 Å². The number of aromatic nitrogens is 2. The lowest BCUT2D eigenvalue weighted by Crippen LogP contribution is -2.56. The molecule has 3 fully saturated rings. The van der Waals surface area contributed by atoms with E-state index < -0.39 is 11.0 Å². The van der Waals surface area contributed by atoms with Crippen LogP contribution in [0.2, 0.25) is 0 Å². The minimum Gasteiger partial charge on any atom is -0.399 e. The molecule has 10 heteroatoms. The number of likely N-dealkylation sites (tertiary alicyclic amines) is 1. The first-order valence-electron chi connectivity index (χ1n) is 15.3. The molecule has 6 rings (SSSR count). The Labute approximate surface area is 258 Å². The van der Waals surface area contributed by atoms with Crippen molar-refractivity contribution in [3.05, 3.63) is 71.9 Å². The van der Waals surface area contributed by atoms with E-state index in [0.717, 1.165) is 35.2 Å². The van der Waals surface area contributed by atoms with Crippen molar-refractivity contribution in [1.29, 1.82) is 0 Å². The number of carbonyl (C=O) groups excluding carboxylic acids is 2. The number of oxime groups is 1. The molecule has 1 N–H and O–H groups in total. The summed E-state index contributed by atoms with van der Waals surface area (Å²) in [6, 6.07) is 18.5. The standard InChI is InChI=1S/C34H42N6O4/c1-32(2)27-16-17-33(3,24-14-12-23(13-15-24)22-10-8-7-9-11-22)31(42)34(27,32)40-20-25(37-43-6)18-26(40)30-36-29(44-38-30)19-35-28(41)21-39(4)5/h7-15,26-27H,16-21H2,1-6H3,(H,35,41)/t26-,27?,33?,34?/m0/s1. The topological polar surface area (TPSA) is 113 Å². The van der Waals surface area contributed by atoms with E-state index >= 15 is 4.79 Å². The first kappa shape index (κ1) is 30.1. The maximum atomic E-state index is 15.1. The average molecular weight is 599 g/mol. The van der Waals surface area contributed by atoms with Crippen molar-refractivity contribution < 1.29 is 18.9 Å². The molecule has 0 radical (unpaired) electrons. The highest BCUT2D eigenvalue weighted by molar-refractivity contribution is 6.04. The maximum absolute atomic E-state index is 15.1. The molecule has 1 amide bonds. The van der Waals surface area contributed by atoms with Gasteiger partial charge in [0.15, 0.2) is 11.6 Å². The number of nitrogens with zero attached hydrogens (tertiary/aromatic N) is 5. The number of Topliss-reactive ketones (excluding diaryl/α,β-unsaturated/α-hetero) is 1. The van der Waals surface area contributed by atoms with E-state index in [1.54, 1.807) is 4.90 Å². The van der Waals surface area contributed by atoms with Gasteiger partial charge in [0.2, 0.25) is 11.8 Å². The Morgan fingerprint density at radius 2 is 1.82 bits per heavy atom. The van der Waals surface area contributed by atoms with Crippen LogP contribution in [0, 0.1) is 11.3 Å². The van der Waals surface area contributed by atoms with E-state index in [9.17, 15) is 4.79 Å². The van der Waals surface area contributed by atoms with Crippen LogP contribution in [0.25, 0.3) is 11.1 Å². The molecule has 3 aromatic rings. The predicted molar refractivity (Wildman–Crippen MR) is 167 cm³/mol. The average Bonchev–Trinajstić information content (AvgIpc) is 3.38. The van der Waals surface area contributed by atoms with Crippen LogP contribution in [0.5, 0.6) is 0 Å². The van der Waals surface area contributed by atoms with Crippen LogP contribution in [-0.2, 0) is 26.4 Å². The fourth-order valence-corrected chi connectivity index (χ4v) is 7.96. The van der Waals surface area contributed by atoms with Gasteiger partial charge in [-0.05, 0) is 61.9 Å². The number of likely N-dealkylation sites (N-methyl/N-ethyl adjacent to an activating group) is 1. The highest BCUT2D eigenvalue weighted by Gasteiger charge is 2.82. The quantitative estimate of drug-likeness (QED) is 0.361. The molecule has 10 nitrogen and oxygen atoms in total. The molecule has 2 saturated carbocycles.